The Morgan fingerprint density at radius 1 is 0.686 bits per heavy atom. The van der Waals surface area contributed by atoms with Crippen molar-refractivity contribution in [3.8, 4) is 0 Å². The summed E-state index contributed by atoms with van der Waals surface area (Å²) >= 11 is 1.68. The van der Waals surface area contributed by atoms with Crippen LogP contribution >= 0.6 is 11.3 Å². The number of nitrogens with zero attached hydrogens (tertiary/aromatic N) is 2. The molecule has 4 aromatic carbocycles. The van der Waals surface area contributed by atoms with Crippen LogP contribution in [0.3, 0.4) is 0 Å². The first-order chi connectivity index (χ1) is 34.4. The zero-order chi connectivity index (χ0) is 48.9. The lowest BCUT2D eigenvalue weighted by Crippen LogP contribution is -2.35. The lowest BCUT2D eigenvalue weighted by Gasteiger charge is -2.33. The Morgan fingerprint density at radius 3 is 1.81 bits per heavy atom. The van der Waals surface area contributed by atoms with Gasteiger partial charge in [-0.15, -0.1) is 0 Å². The van der Waals surface area contributed by atoms with E-state index >= 15 is 0 Å². The van der Waals surface area contributed by atoms with Crippen LogP contribution in [0.4, 0.5) is 0 Å². The molecule has 6 nitrogen and oxygen atoms in total. The maximum Gasteiger partial charge on any atom is 0.313 e. The number of carbonyl (C=O) groups is 1. The van der Waals surface area contributed by atoms with E-state index in [9.17, 15) is 4.79 Å². The molecular weight excluding hydrogens is 879 g/mol. The minimum atomic E-state index is -0.0410. The van der Waals surface area contributed by atoms with E-state index in [4.69, 9.17) is 9.47 Å². The predicted molar refractivity (Wildman–Crippen MR) is 296 cm³/mol. The minimum Gasteiger partial charge on any atom is -0.464 e. The van der Waals surface area contributed by atoms with Gasteiger partial charge >= 0.3 is 5.97 Å². The number of hydrogen-bond donors (Lipinski definition) is 1. The van der Waals surface area contributed by atoms with Gasteiger partial charge < -0.3 is 19.7 Å². The zero-order valence-electron chi connectivity index (χ0n) is 43.5. The Hall–Kier alpha value is -4.11. The highest BCUT2D eigenvalue weighted by Crippen LogP contribution is 2.38. The van der Waals surface area contributed by atoms with Crippen LogP contribution in [0.1, 0.15) is 156 Å². The Morgan fingerprint density at radius 2 is 1.24 bits per heavy atom. The monoisotopic (exact) mass is 968 g/mol. The number of ether oxygens (including phenoxy) is 2. The first-order valence-electron chi connectivity index (χ1n) is 27.5. The SMILES string of the molecule is CC(Cc1ccccc1)NCCC(c1ccccc1)c1ccccc1.CN(C)CCCOC1(Cc2ccccc2)CCCCCC1.O=C(OCCN1CCCCCC1)C(c1ccsc1)C1CCCCC1. The van der Waals surface area contributed by atoms with Gasteiger partial charge in [-0.05, 0) is 156 Å². The van der Waals surface area contributed by atoms with Crippen LogP contribution in [0, 0.1) is 5.92 Å². The van der Waals surface area contributed by atoms with E-state index in [0.29, 0.717) is 24.5 Å². The molecule has 2 atom stereocenters. The first kappa shape index (κ1) is 55.2. The van der Waals surface area contributed by atoms with Crippen molar-refractivity contribution in [1.82, 2.24) is 15.1 Å². The summed E-state index contributed by atoms with van der Waals surface area (Å²) in [6.07, 6.45) is 23.6. The van der Waals surface area contributed by atoms with Crippen LogP contribution in [0.15, 0.2) is 138 Å². The fraction of sp³-hybridized carbons (Fsp3) is 0.540. The quantitative estimate of drug-likeness (QED) is 0.0449. The molecule has 70 heavy (non-hydrogen) atoms. The Kier molecular flexibility index (Phi) is 25.3. The molecule has 2 unspecified atom stereocenters. The third kappa shape index (κ3) is 20.2. The molecule has 0 amide bonds. The van der Waals surface area contributed by atoms with Crippen LogP contribution in [-0.4, -0.2) is 87.4 Å². The summed E-state index contributed by atoms with van der Waals surface area (Å²) in [6, 6.07) is 45.9. The molecule has 0 radical (unpaired) electrons. The van der Waals surface area contributed by atoms with Crippen molar-refractivity contribution in [1.29, 1.82) is 0 Å². The summed E-state index contributed by atoms with van der Waals surface area (Å²) in [5, 5.41) is 7.91. The molecule has 380 valence electrons. The van der Waals surface area contributed by atoms with Crippen molar-refractivity contribution in [2.75, 3.05) is 60.0 Å². The van der Waals surface area contributed by atoms with E-state index in [0.717, 1.165) is 65.0 Å². The van der Waals surface area contributed by atoms with Crippen LogP contribution in [0.2, 0.25) is 0 Å². The normalized spacial score (nSPS) is 17.5. The molecule has 2 aliphatic carbocycles. The summed E-state index contributed by atoms with van der Waals surface area (Å²) in [7, 11) is 4.26. The Balaban J connectivity index is 0.000000173. The molecule has 0 bridgehead atoms. The summed E-state index contributed by atoms with van der Waals surface area (Å²) in [4.78, 5) is 17.5. The van der Waals surface area contributed by atoms with Gasteiger partial charge in [0.05, 0.1) is 11.5 Å². The van der Waals surface area contributed by atoms with Gasteiger partial charge in [0, 0.05) is 31.5 Å². The maximum absolute atomic E-state index is 12.8. The average molecular weight is 968 g/mol. The number of benzene rings is 4. The van der Waals surface area contributed by atoms with Gasteiger partial charge in [0.25, 0.3) is 0 Å². The van der Waals surface area contributed by atoms with Crippen molar-refractivity contribution in [2.45, 2.75) is 152 Å². The van der Waals surface area contributed by atoms with Gasteiger partial charge in [-0.25, -0.2) is 0 Å². The molecule has 5 aromatic rings. The van der Waals surface area contributed by atoms with Gasteiger partial charge in [0.1, 0.15) is 6.61 Å². The smallest absolute Gasteiger partial charge is 0.313 e. The molecule has 1 aromatic heterocycles. The van der Waals surface area contributed by atoms with Crippen LogP contribution in [-0.2, 0) is 27.1 Å². The van der Waals surface area contributed by atoms with Gasteiger partial charge in [-0.3, -0.25) is 9.69 Å². The average Bonchev–Trinajstić information content (AvgIpc) is 3.64. The van der Waals surface area contributed by atoms with E-state index < -0.39 is 0 Å². The van der Waals surface area contributed by atoms with Crippen molar-refractivity contribution < 1.29 is 14.3 Å². The molecule has 0 spiro atoms. The standard InChI is InChI=1S/C24H27N.C20H31NO2S.C19H31NO/c1-20(19-21-11-5-2-6-12-21)25-18-17-24(22-13-7-3-8-14-22)23-15-9-4-10-16-23;22-20(23-14-13-21-11-6-1-2-7-12-21)19(18-10-15-24-16-18)17-8-4-3-5-9-17;1-20(2)15-10-16-21-19(13-8-3-4-9-14-19)17-18-11-6-5-7-12-18/h2-16,20,24-25H,17-19H2,1H3;10,15-17,19H,1-9,11-14H2;5-7,11-12H,3-4,8-10,13-17H2,1-2H3. The van der Waals surface area contributed by atoms with Gasteiger partial charge in [0.2, 0.25) is 0 Å². The number of carbonyl (C=O) groups excluding carboxylic acids is 1. The van der Waals surface area contributed by atoms with E-state index in [1.165, 1.54) is 124 Å². The number of likely N-dealkylation sites (tertiary alicyclic amines) is 1. The van der Waals surface area contributed by atoms with Crippen molar-refractivity contribution >= 4 is 17.3 Å². The summed E-state index contributed by atoms with van der Waals surface area (Å²) < 4.78 is 12.2. The summed E-state index contributed by atoms with van der Waals surface area (Å²) in [6.45, 7) is 9.06. The number of rotatable bonds is 21. The van der Waals surface area contributed by atoms with Crippen molar-refractivity contribution in [2.24, 2.45) is 5.92 Å². The minimum absolute atomic E-state index is 0.00937. The number of esters is 1. The van der Waals surface area contributed by atoms with E-state index in [-0.39, 0.29) is 17.5 Å². The molecule has 3 aliphatic rings. The van der Waals surface area contributed by atoms with E-state index in [1.807, 2.05) is 0 Å². The molecule has 2 saturated carbocycles. The van der Waals surface area contributed by atoms with E-state index in [1.54, 1.807) is 11.3 Å². The summed E-state index contributed by atoms with van der Waals surface area (Å²) in [5.41, 5.74) is 6.87. The number of nitrogens with one attached hydrogen (secondary N) is 1. The molecule has 7 heteroatoms. The van der Waals surface area contributed by atoms with E-state index in [2.05, 4.69) is 174 Å². The highest BCUT2D eigenvalue weighted by atomic mass is 32.1. The lowest BCUT2D eigenvalue weighted by atomic mass is 9.77. The lowest BCUT2D eigenvalue weighted by molar-refractivity contribution is -0.147. The van der Waals surface area contributed by atoms with Gasteiger partial charge in [-0.2, -0.15) is 11.3 Å². The maximum atomic E-state index is 12.8. The number of hydrogen-bond acceptors (Lipinski definition) is 7. The fourth-order valence-electron chi connectivity index (χ4n) is 11.0. The predicted octanol–water partition coefficient (Wildman–Crippen LogP) is 14.6. The summed E-state index contributed by atoms with van der Waals surface area (Å²) in [5.74, 6) is 0.883. The fourth-order valence-corrected chi connectivity index (χ4v) is 11.7. The van der Waals surface area contributed by atoms with Crippen LogP contribution < -0.4 is 5.32 Å². The second kappa shape index (κ2) is 32.1. The molecule has 1 aliphatic heterocycles. The topological polar surface area (TPSA) is 54.0 Å². The zero-order valence-corrected chi connectivity index (χ0v) is 44.3. The Bertz CT molecular complexity index is 2000. The van der Waals surface area contributed by atoms with Gasteiger partial charge in [-0.1, -0.05) is 179 Å². The number of thiophene rings is 1. The second-order valence-electron chi connectivity index (χ2n) is 20.8. The molecule has 3 fully saturated rings. The third-order valence-corrected chi connectivity index (χ3v) is 15.6. The van der Waals surface area contributed by atoms with Gasteiger partial charge in [0.15, 0.2) is 0 Å². The molecule has 1 saturated heterocycles. The highest BCUT2D eigenvalue weighted by Gasteiger charge is 2.33. The second-order valence-corrected chi connectivity index (χ2v) is 21.6. The molecule has 8 rings (SSSR count). The molecule has 1 N–H and O–H groups in total. The molecule has 2 heterocycles. The Labute approximate surface area is 429 Å². The molecular formula is C63H89N3O3S. The van der Waals surface area contributed by atoms with Crippen LogP contribution in [0.25, 0.3) is 0 Å². The third-order valence-electron chi connectivity index (χ3n) is 14.9. The van der Waals surface area contributed by atoms with Crippen molar-refractivity contribution in [3.05, 3.63) is 166 Å². The first-order valence-corrected chi connectivity index (χ1v) is 28.4. The van der Waals surface area contributed by atoms with Crippen LogP contribution in [0.5, 0.6) is 0 Å². The van der Waals surface area contributed by atoms with Crippen molar-refractivity contribution in [3.63, 3.8) is 0 Å². The highest BCUT2D eigenvalue weighted by molar-refractivity contribution is 7.08. The largest absolute Gasteiger partial charge is 0.464 e.